The molecule has 2 heteroatoms. The summed E-state index contributed by atoms with van der Waals surface area (Å²) in [6, 6.07) is 96.9. The van der Waals surface area contributed by atoms with E-state index >= 15 is 0 Å². The summed E-state index contributed by atoms with van der Waals surface area (Å²) in [5.41, 5.74) is 24.5. The summed E-state index contributed by atoms with van der Waals surface area (Å²) in [4.78, 5) is 2.48. The number of nitrogens with zero attached hydrogens (tertiary/aromatic N) is 1. The van der Waals surface area contributed by atoms with Crippen molar-refractivity contribution in [2.45, 2.75) is 10.8 Å². The van der Waals surface area contributed by atoms with Crippen LogP contribution in [0.4, 0.5) is 17.1 Å². The van der Waals surface area contributed by atoms with Crippen molar-refractivity contribution in [3.05, 3.63) is 305 Å². The second kappa shape index (κ2) is 14.8. The third-order valence-corrected chi connectivity index (χ3v) is 15.8. The van der Waals surface area contributed by atoms with Crippen molar-refractivity contribution in [2.75, 3.05) is 4.90 Å². The molecule has 0 bridgehead atoms. The van der Waals surface area contributed by atoms with Gasteiger partial charge < -0.3 is 9.32 Å². The van der Waals surface area contributed by atoms with Gasteiger partial charge in [-0.1, -0.05) is 212 Å². The molecule has 2 nitrogen and oxygen atoms in total. The lowest BCUT2D eigenvalue weighted by Crippen LogP contribution is -2.43. The zero-order chi connectivity index (χ0) is 46.0. The van der Waals surface area contributed by atoms with Gasteiger partial charge in [-0.25, -0.2) is 0 Å². The van der Waals surface area contributed by atoms with Gasteiger partial charge in [0.15, 0.2) is 0 Å². The molecule has 11 aromatic carbocycles. The van der Waals surface area contributed by atoms with Crippen molar-refractivity contribution in [2.24, 2.45) is 0 Å². The van der Waals surface area contributed by atoms with Gasteiger partial charge in [0.05, 0.1) is 16.5 Å². The summed E-state index contributed by atoms with van der Waals surface area (Å²) < 4.78 is 6.22. The Morgan fingerprint density at radius 3 is 1.29 bits per heavy atom. The monoisotopic (exact) mass is 889 g/mol. The van der Waals surface area contributed by atoms with E-state index in [2.05, 4.69) is 254 Å². The van der Waals surface area contributed by atoms with Crippen molar-refractivity contribution < 1.29 is 4.42 Å². The molecule has 15 rings (SSSR count). The molecule has 1 aromatic heterocycles. The molecule has 3 aliphatic rings. The molecule has 70 heavy (non-hydrogen) atoms. The maximum absolute atomic E-state index is 6.22. The standard InChI is InChI=1S/C68H43NO/c1-2-17-44(18-3-1)45-33-38-48(39-34-45)69(49-40-35-46(36-41-49)47-37-42-65-54(43-47)52-21-7-15-32-64(52)70-65)63-31-16-30-62-66(63)53-22-6-10-25-57(53)68(62)60-28-13-11-26-58(60)67(59-27-12-14-29-61(59)68)55-23-8-4-19-50(55)51-20-5-9-24-56(51)67/h1-43H. The topological polar surface area (TPSA) is 16.4 Å². The number of hydrogen-bond acceptors (Lipinski definition) is 2. The van der Waals surface area contributed by atoms with Crippen LogP contribution in [0.15, 0.2) is 265 Å². The van der Waals surface area contributed by atoms with Gasteiger partial charge in [-0.15, -0.1) is 0 Å². The van der Waals surface area contributed by atoms with Crippen LogP contribution in [0.1, 0.15) is 44.5 Å². The Kier molecular flexibility index (Phi) is 8.24. The van der Waals surface area contributed by atoms with Gasteiger partial charge in [-0.3, -0.25) is 0 Å². The molecular weight excluding hydrogens is 847 g/mol. The van der Waals surface area contributed by atoms with Gasteiger partial charge in [0, 0.05) is 27.7 Å². The smallest absolute Gasteiger partial charge is 0.135 e. The molecule has 0 fully saturated rings. The Labute approximate surface area is 407 Å². The van der Waals surface area contributed by atoms with Crippen LogP contribution in [-0.2, 0) is 10.8 Å². The number of fused-ring (bicyclic) bond motifs is 19. The van der Waals surface area contributed by atoms with Gasteiger partial charge >= 0.3 is 0 Å². The first-order valence-electron chi connectivity index (χ1n) is 24.3. The van der Waals surface area contributed by atoms with Crippen molar-refractivity contribution in [3.63, 3.8) is 0 Å². The number of hydrogen-bond donors (Lipinski definition) is 0. The molecule has 0 radical (unpaired) electrons. The fraction of sp³-hybridized carbons (Fsp3) is 0.0294. The molecule has 0 unspecified atom stereocenters. The Morgan fingerprint density at radius 1 is 0.271 bits per heavy atom. The molecule has 0 aliphatic heterocycles. The minimum Gasteiger partial charge on any atom is -0.456 e. The first-order chi connectivity index (χ1) is 34.7. The van der Waals surface area contributed by atoms with Crippen molar-refractivity contribution >= 4 is 39.0 Å². The van der Waals surface area contributed by atoms with Crippen LogP contribution in [0.5, 0.6) is 0 Å². The van der Waals surface area contributed by atoms with Crippen LogP contribution >= 0.6 is 0 Å². The maximum Gasteiger partial charge on any atom is 0.135 e. The average molecular weight is 890 g/mol. The molecule has 3 aliphatic carbocycles. The zero-order valence-corrected chi connectivity index (χ0v) is 38.2. The van der Waals surface area contributed by atoms with Crippen molar-refractivity contribution in [1.82, 2.24) is 0 Å². The van der Waals surface area contributed by atoms with E-state index in [1.807, 2.05) is 12.1 Å². The molecule has 2 spiro atoms. The van der Waals surface area contributed by atoms with Gasteiger partial charge in [-0.05, 0) is 132 Å². The fourth-order valence-electron chi connectivity index (χ4n) is 13.0. The van der Waals surface area contributed by atoms with E-state index in [-0.39, 0.29) is 0 Å². The van der Waals surface area contributed by atoms with E-state index in [9.17, 15) is 0 Å². The predicted molar refractivity (Wildman–Crippen MR) is 287 cm³/mol. The van der Waals surface area contributed by atoms with E-state index in [0.29, 0.717) is 0 Å². The number of rotatable bonds is 5. The zero-order valence-electron chi connectivity index (χ0n) is 38.2. The molecular formula is C68H43NO. The molecule has 12 aromatic rings. The SMILES string of the molecule is c1ccc(-c2ccc(N(c3ccc(-c4ccc5oc6ccccc6c5c4)cc3)c3cccc4c3-c3ccccc3C43c4ccccc4C4(c5ccccc5-c5ccccc54)c4ccccc43)cc2)cc1. The van der Waals surface area contributed by atoms with Gasteiger partial charge in [0.2, 0.25) is 0 Å². The lowest BCUT2D eigenvalue weighted by atomic mass is 9.52. The van der Waals surface area contributed by atoms with E-state index in [4.69, 9.17) is 4.42 Å². The summed E-state index contributed by atoms with van der Waals surface area (Å²) in [5.74, 6) is 0. The van der Waals surface area contributed by atoms with Gasteiger partial charge in [-0.2, -0.15) is 0 Å². The van der Waals surface area contributed by atoms with E-state index in [1.165, 1.54) is 77.9 Å². The van der Waals surface area contributed by atoms with Crippen LogP contribution in [0.25, 0.3) is 66.4 Å². The van der Waals surface area contributed by atoms with Crippen LogP contribution in [0, 0.1) is 0 Å². The lowest BCUT2D eigenvalue weighted by molar-refractivity contribution is 0.633. The molecule has 0 saturated heterocycles. The largest absolute Gasteiger partial charge is 0.456 e. The maximum atomic E-state index is 6.22. The van der Waals surface area contributed by atoms with E-state index < -0.39 is 10.8 Å². The Morgan fingerprint density at radius 2 is 0.686 bits per heavy atom. The third-order valence-electron chi connectivity index (χ3n) is 15.8. The highest BCUT2D eigenvalue weighted by molar-refractivity contribution is 6.06. The third kappa shape index (κ3) is 5.17. The van der Waals surface area contributed by atoms with Gasteiger partial charge in [0.25, 0.3) is 0 Å². The predicted octanol–water partition coefficient (Wildman–Crippen LogP) is 17.4. The first kappa shape index (κ1) is 39.1. The summed E-state index contributed by atoms with van der Waals surface area (Å²) in [7, 11) is 0. The summed E-state index contributed by atoms with van der Waals surface area (Å²) >= 11 is 0. The number of furan rings is 1. The molecule has 0 atom stereocenters. The van der Waals surface area contributed by atoms with Crippen LogP contribution < -0.4 is 4.90 Å². The number of anilines is 3. The molecule has 0 amide bonds. The Bertz CT molecular complexity index is 3970. The Balaban J connectivity index is 0.964. The lowest BCUT2D eigenvalue weighted by Gasteiger charge is -2.48. The highest BCUT2D eigenvalue weighted by Gasteiger charge is 2.59. The number of para-hydroxylation sites is 1. The number of benzene rings is 11. The summed E-state index contributed by atoms with van der Waals surface area (Å²) in [5, 5.41) is 2.26. The van der Waals surface area contributed by atoms with Gasteiger partial charge in [0.1, 0.15) is 11.2 Å². The van der Waals surface area contributed by atoms with Crippen LogP contribution in [-0.4, -0.2) is 0 Å². The molecule has 0 saturated carbocycles. The summed E-state index contributed by atoms with van der Waals surface area (Å²) in [6.45, 7) is 0. The highest BCUT2D eigenvalue weighted by atomic mass is 16.3. The second-order valence-electron chi connectivity index (χ2n) is 19.0. The molecule has 326 valence electrons. The Hall–Kier alpha value is -8.98. The highest BCUT2D eigenvalue weighted by Crippen LogP contribution is 2.68. The van der Waals surface area contributed by atoms with Crippen molar-refractivity contribution in [1.29, 1.82) is 0 Å². The quantitative estimate of drug-likeness (QED) is 0.171. The average Bonchev–Trinajstić information content (AvgIpc) is 4.07. The summed E-state index contributed by atoms with van der Waals surface area (Å²) in [6.07, 6.45) is 0. The molecule has 1 heterocycles. The van der Waals surface area contributed by atoms with Crippen LogP contribution in [0.2, 0.25) is 0 Å². The normalized spacial score (nSPS) is 13.9. The molecule has 0 N–H and O–H groups in total. The minimum atomic E-state index is -0.602. The minimum absolute atomic E-state index is 0.496. The first-order valence-corrected chi connectivity index (χ1v) is 24.3. The second-order valence-corrected chi connectivity index (χ2v) is 19.0. The fourth-order valence-corrected chi connectivity index (χ4v) is 13.0. The van der Waals surface area contributed by atoms with Crippen LogP contribution in [0.3, 0.4) is 0 Å². The van der Waals surface area contributed by atoms with E-state index in [1.54, 1.807) is 0 Å². The van der Waals surface area contributed by atoms with E-state index in [0.717, 1.165) is 50.1 Å². The van der Waals surface area contributed by atoms with Crippen molar-refractivity contribution in [3.8, 4) is 44.5 Å².